The summed E-state index contributed by atoms with van der Waals surface area (Å²) in [6.45, 7) is 0. The number of carbonyl (C=O) groups excluding carboxylic acids is 1. The lowest BCUT2D eigenvalue weighted by Gasteiger charge is -2.29. The molecule has 8 nitrogen and oxygen atoms in total. The van der Waals surface area contributed by atoms with E-state index in [-0.39, 0.29) is 16.2 Å². The molecule has 0 aliphatic carbocycles. The Balaban J connectivity index is 2.98. The van der Waals surface area contributed by atoms with Crippen molar-refractivity contribution in [3.05, 3.63) is 45.0 Å². The zero-order chi connectivity index (χ0) is 20.6. The Hall–Kier alpha value is -2.86. The predicted octanol–water partition coefficient (Wildman–Crippen LogP) is 1.41. The van der Waals surface area contributed by atoms with E-state index in [0.29, 0.717) is 7.11 Å². The van der Waals surface area contributed by atoms with Gasteiger partial charge in [0, 0.05) is 0 Å². The minimum Gasteiger partial charge on any atom is -0.495 e. The number of hydrogen-bond acceptors (Lipinski definition) is 7. The van der Waals surface area contributed by atoms with Crippen molar-refractivity contribution >= 4 is 24.0 Å². The number of ether oxygens (including phenoxy) is 2. The van der Waals surface area contributed by atoms with Crippen LogP contribution in [0, 0.1) is 4.77 Å². The van der Waals surface area contributed by atoms with Crippen LogP contribution in [0.25, 0.3) is 5.69 Å². The third-order valence-corrected chi connectivity index (χ3v) is 4.01. The monoisotopic (exact) mass is 405 g/mol. The van der Waals surface area contributed by atoms with E-state index in [2.05, 4.69) is 4.74 Å². The molecule has 146 valence electrons. The number of methoxy groups -OCH3 is 2. The van der Waals surface area contributed by atoms with Crippen molar-refractivity contribution in [2.24, 2.45) is 0 Å². The first-order chi connectivity index (χ1) is 12.5. The number of anilines is 1. The highest BCUT2D eigenvalue weighted by molar-refractivity contribution is 7.71. The van der Waals surface area contributed by atoms with Crippen LogP contribution < -0.4 is 16.0 Å². The lowest BCUT2D eigenvalue weighted by atomic mass is 9.94. The van der Waals surface area contributed by atoms with Crippen LogP contribution in [0.4, 0.5) is 19.0 Å². The van der Waals surface area contributed by atoms with Gasteiger partial charge in [0.1, 0.15) is 17.1 Å². The number of halogens is 3. The molecule has 4 N–H and O–H groups in total. The van der Waals surface area contributed by atoms with Crippen molar-refractivity contribution in [2.75, 3.05) is 20.0 Å². The maximum Gasteiger partial charge on any atom is 0.432 e. The number of nitrogen functional groups attached to an aromatic ring is 1. The molecule has 2 aromatic rings. The van der Waals surface area contributed by atoms with Crippen LogP contribution in [0.15, 0.2) is 29.1 Å². The highest BCUT2D eigenvalue weighted by atomic mass is 32.1. The number of nitrogens with two attached hydrogens (primary N) is 1. The number of aromatic nitrogens is 2. The van der Waals surface area contributed by atoms with Gasteiger partial charge in [-0.1, -0.05) is 12.1 Å². The fourth-order valence-electron chi connectivity index (χ4n) is 2.46. The Labute approximate surface area is 155 Å². The molecule has 1 aromatic carbocycles. The van der Waals surface area contributed by atoms with Gasteiger partial charge in [0.15, 0.2) is 4.77 Å². The Kier molecular flexibility index (Phi) is 5.33. The number of esters is 1. The SMILES string of the molecule is COC(=O)C(O)(c1c(N)n(-c2ccccc2OC)c(=S)[nH]c1=O)C(F)(F)F. The number of nitrogens with one attached hydrogen (secondary N) is 1. The van der Waals surface area contributed by atoms with Gasteiger partial charge in [0.25, 0.3) is 11.2 Å². The summed E-state index contributed by atoms with van der Waals surface area (Å²) in [5, 5.41) is 10.2. The van der Waals surface area contributed by atoms with Crippen molar-refractivity contribution in [3.8, 4) is 11.4 Å². The number of para-hydroxylation sites is 2. The molecule has 27 heavy (non-hydrogen) atoms. The molecule has 2 rings (SSSR count). The zero-order valence-corrected chi connectivity index (χ0v) is 14.8. The molecule has 0 aliphatic heterocycles. The smallest absolute Gasteiger partial charge is 0.432 e. The van der Waals surface area contributed by atoms with Gasteiger partial charge in [-0.05, 0) is 24.4 Å². The van der Waals surface area contributed by atoms with Gasteiger partial charge in [0.2, 0.25) is 0 Å². The number of aromatic amines is 1. The second kappa shape index (κ2) is 7.04. The minimum absolute atomic E-state index is 0.0781. The van der Waals surface area contributed by atoms with E-state index < -0.39 is 34.7 Å². The topological polar surface area (TPSA) is 120 Å². The Morgan fingerprint density at radius 2 is 1.89 bits per heavy atom. The molecular weight excluding hydrogens is 391 g/mol. The summed E-state index contributed by atoms with van der Waals surface area (Å²) in [5.74, 6) is -2.87. The summed E-state index contributed by atoms with van der Waals surface area (Å²) in [6.07, 6.45) is -5.61. The van der Waals surface area contributed by atoms with Gasteiger partial charge in [-0.3, -0.25) is 14.3 Å². The van der Waals surface area contributed by atoms with E-state index in [0.717, 1.165) is 4.57 Å². The van der Waals surface area contributed by atoms with E-state index in [4.69, 9.17) is 22.7 Å². The molecule has 0 aliphatic rings. The number of benzene rings is 1. The molecule has 1 heterocycles. The lowest BCUT2D eigenvalue weighted by molar-refractivity contribution is -0.267. The summed E-state index contributed by atoms with van der Waals surface area (Å²) in [5.41, 5.74) is -1.43. The van der Waals surface area contributed by atoms with Crippen LogP contribution in [0.1, 0.15) is 5.56 Å². The highest BCUT2D eigenvalue weighted by Crippen LogP contribution is 2.41. The van der Waals surface area contributed by atoms with Gasteiger partial charge < -0.3 is 20.3 Å². The number of H-pyrrole nitrogens is 1. The number of alkyl halides is 3. The van der Waals surface area contributed by atoms with Crippen LogP contribution in [-0.4, -0.2) is 41.0 Å². The van der Waals surface area contributed by atoms with Gasteiger partial charge in [0.05, 0.1) is 19.9 Å². The highest BCUT2D eigenvalue weighted by Gasteiger charge is 2.64. The number of carbonyl (C=O) groups is 1. The van der Waals surface area contributed by atoms with Crippen LogP contribution in [0.3, 0.4) is 0 Å². The molecule has 0 saturated carbocycles. The molecule has 0 bridgehead atoms. The third kappa shape index (κ3) is 3.17. The van der Waals surface area contributed by atoms with Crippen molar-refractivity contribution in [2.45, 2.75) is 11.8 Å². The van der Waals surface area contributed by atoms with Crippen LogP contribution in [-0.2, 0) is 15.1 Å². The number of hydrogen-bond donors (Lipinski definition) is 3. The van der Waals surface area contributed by atoms with Crippen molar-refractivity contribution in [1.82, 2.24) is 9.55 Å². The van der Waals surface area contributed by atoms with E-state index in [1.807, 2.05) is 4.98 Å². The summed E-state index contributed by atoms with van der Waals surface area (Å²) < 4.78 is 50.3. The maximum atomic E-state index is 13.5. The third-order valence-electron chi connectivity index (χ3n) is 3.73. The minimum atomic E-state index is -5.61. The first-order valence-electron chi connectivity index (χ1n) is 7.16. The van der Waals surface area contributed by atoms with E-state index in [9.17, 15) is 27.9 Å². The van der Waals surface area contributed by atoms with Gasteiger partial charge in [-0.15, -0.1) is 0 Å². The van der Waals surface area contributed by atoms with Crippen LogP contribution in [0.2, 0.25) is 0 Å². The fraction of sp³-hybridized carbons (Fsp3) is 0.267. The first kappa shape index (κ1) is 20.5. The largest absolute Gasteiger partial charge is 0.495 e. The van der Waals surface area contributed by atoms with E-state index in [1.54, 1.807) is 6.07 Å². The summed E-state index contributed by atoms with van der Waals surface area (Å²) in [6, 6.07) is 5.96. The zero-order valence-electron chi connectivity index (χ0n) is 14.0. The molecule has 1 unspecified atom stereocenters. The van der Waals surface area contributed by atoms with Gasteiger partial charge in [-0.2, -0.15) is 13.2 Å². The van der Waals surface area contributed by atoms with Gasteiger partial charge in [-0.25, -0.2) is 4.79 Å². The maximum absolute atomic E-state index is 13.5. The molecule has 0 fully saturated rings. The summed E-state index contributed by atoms with van der Waals surface area (Å²) >= 11 is 4.98. The molecule has 0 spiro atoms. The van der Waals surface area contributed by atoms with Crippen molar-refractivity contribution in [3.63, 3.8) is 0 Å². The first-order valence-corrected chi connectivity index (χ1v) is 7.57. The average molecular weight is 405 g/mol. The molecule has 1 aromatic heterocycles. The normalized spacial score (nSPS) is 13.7. The van der Waals surface area contributed by atoms with Crippen LogP contribution >= 0.6 is 12.2 Å². The Morgan fingerprint density at radius 3 is 2.41 bits per heavy atom. The predicted molar refractivity (Wildman–Crippen MR) is 90.2 cm³/mol. The fourth-order valence-corrected chi connectivity index (χ4v) is 2.75. The molecule has 1 atom stereocenters. The Morgan fingerprint density at radius 1 is 1.30 bits per heavy atom. The Bertz CT molecular complexity index is 1000. The average Bonchev–Trinajstić information content (AvgIpc) is 2.59. The van der Waals surface area contributed by atoms with Gasteiger partial charge >= 0.3 is 12.1 Å². The molecule has 12 heteroatoms. The summed E-state index contributed by atoms with van der Waals surface area (Å²) in [4.78, 5) is 26.0. The summed E-state index contributed by atoms with van der Waals surface area (Å²) in [7, 11) is 1.92. The quantitative estimate of drug-likeness (QED) is 0.520. The van der Waals surface area contributed by atoms with Crippen LogP contribution in [0.5, 0.6) is 5.75 Å². The van der Waals surface area contributed by atoms with E-state index in [1.165, 1.54) is 25.3 Å². The second-order valence-electron chi connectivity index (χ2n) is 5.23. The van der Waals surface area contributed by atoms with Crippen molar-refractivity contribution < 1.29 is 32.5 Å². The molecule has 0 saturated heterocycles. The molecular formula is C15H14F3N3O5S. The molecule has 0 amide bonds. The molecule has 0 radical (unpaired) electrons. The lowest BCUT2D eigenvalue weighted by Crippen LogP contribution is -2.53. The number of aliphatic hydroxyl groups is 1. The second-order valence-corrected chi connectivity index (χ2v) is 5.61. The number of rotatable bonds is 4. The van der Waals surface area contributed by atoms with Crippen molar-refractivity contribution in [1.29, 1.82) is 0 Å². The standard InChI is InChI=1S/C15H14F3N3O5S/c1-25-8-6-4-3-5-7(8)21-10(19)9(11(22)20-13(21)27)14(24,12(23)26-2)15(16,17)18/h3-6,24H,19H2,1-2H3,(H,20,22,27). The number of nitrogens with zero attached hydrogens (tertiary/aromatic N) is 1. The van der Waals surface area contributed by atoms with E-state index >= 15 is 0 Å².